The lowest BCUT2D eigenvalue weighted by atomic mass is 9.38. The monoisotopic (exact) mass is 513 g/mol. The molecule has 0 bridgehead atoms. The minimum Gasteiger partial charge on any atom is -0.462 e. The van der Waals surface area contributed by atoms with Crippen molar-refractivity contribution < 1.29 is 19.2 Å². The number of hydrogen-bond donors (Lipinski definition) is 0. The molecule has 0 amide bonds. The Morgan fingerprint density at radius 3 is 2.35 bits per heavy atom. The van der Waals surface area contributed by atoms with E-state index in [0.717, 1.165) is 37.7 Å². The molecule has 0 aromatic carbocycles. The van der Waals surface area contributed by atoms with Crippen molar-refractivity contribution in [3.8, 4) is 0 Å². The van der Waals surface area contributed by atoms with Gasteiger partial charge >= 0.3 is 5.97 Å². The highest BCUT2D eigenvalue weighted by Crippen LogP contribution is 2.72. The van der Waals surface area contributed by atoms with Gasteiger partial charge in [-0.2, -0.15) is 0 Å². The van der Waals surface area contributed by atoms with Crippen molar-refractivity contribution in [2.45, 2.75) is 112 Å². The van der Waals surface area contributed by atoms with E-state index < -0.39 is 0 Å². The molecule has 6 heteroatoms. The Bertz CT molecular complexity index is 1020. The molecule has 0 N–H and O–H groups in total. The summed E-state index contributed by atoms with van der Waals surface area (Å²) in [6.07, 6.45) is 9.75. The number of hydrogen-bond acceptors (Lipinski definition) is 5. The first-order valence-electron chi connectivity index (χ1n) is 14.9. The molecule has 9 atom stereocenters. The number of ketones is 1. The Balaban J connectivity index is 1.48. The largest absolute Gasteiger partial charge is 0.462 e. The van der Waals surface area contributed by atoms with Gasteiger partial charge in [0.1, 0.15) is 6.10 Å². The highest BCUT2D eigenvalue weighted by atomic mass is 16.6. The van der Waals surface area contributed by atoms with Crippen molar-refractivity contribution >= 4 is 11.8 Å². The van der Waals surface area contributed by atoms with Crippen LogP contribution in [-0.2, 0) is 14.3 Å². The SMILES string of the molecule is CC(=O)OC1CCC2(C)C(CCC3(C)C4CCC5(CC[N+](=O)[O-])CC(=O)C(C(C)C)=C5C4CCC32)C1C. The van der Waals surface area contributed by atoms with Crippen LogP contribution in [0.15, 0.2) is 11.1 Å². The van der Waals surface area contributed by atoms with Gasteiger partial charge in [-0.15, -0.1) is 0 Å². The van der Waals surface area contributed by atoms with Crippen LogP contribution >= 0.6 is 0 Å². The predicted molar refractivity (Wildman–Crippen MR) is 142 cm³/mol. The number of fused-ring (bicyclic) bond motifs is 7. The van der Waals surface area contributed by atoms with E-state index in [0.29, 0.717) is 42.4 Å². The van der Waals surface area contributed by atoms with Gasteiger partial charge in [0.15, 0.2) is 5.78 Å². The lowest BCUT2D eigenvalue weighted by molar-refractivity contribution is -0.482. The van der Waals surface area contributed by atoms with Crippen molar-refractivity contribution in [1.29, 1.82) is 0 Å². The van der Waals surface area contributed by atoms with Crippen LogP contribution in [-0.4, -0.2) is 29.3 Å². The van der Waals surface area contributed by atoms with Crippen LogP contribution in [0.5, 0.6) is 0 Å². The molecule has 5 aliphatic rings. The second-order valence-corrected chi connectivity index (χ2v) is 14.3. The van der Waals surface area contributed by atoms with E-state index >= 15 is 0 Å². The Hall–Kier alpha value is -1.72. The van der Waals surface area contributed by atoms with Gasteiger partial charge in [-0.05, 0) is 103 Å². The zero-order valence-corrected chi connectivity index (χ0v) is 23.8. The third-order valence-corrected chi connectivity index (χ3v) is 12.4. The normalized spacial score (nSPS) is 45.1. The zero-order chi connectivity index (χ0) is 26.9. The third kappa shape index (κ3) is 4.02. The van der Waals surface area contributed by atoms with E-state index in [1.165, 1.54) is 31.8 Å². The maximum Gasteiger partial charge on any atom is 0.302 e. The first kappa shape index (κ1) is 26.9. The first-order valence-corrected chi connectivity index (χ1v) is 14.9. The van der Waals surface area contributed by atoms with Crippen LogP contribution in [0.4, 0.5) is 0 Å². The number of Topliss-reactive ketones (excluding diaryl/α,β-unsaturated/α-hetero) is 1. The second-order valence-electron chi connectivity index (χ2n) is 14.3. The van der Waals surface area contributed by atoms with Crippen LogP contribution < -0.4 is 0 Å². The number of nitro groups is 1. The summed E-state index contributed by atoms with van der Waals surface area (Å²) in [4.78, 5) is 36.3. The molecule has 5 aliphatic carbocycles. The molecule has 0 spiro atoms. The van der Waals surface area contributed by atoms with Gasteiger partial charge in [0, 0.05) is 30.1 Å². The molecule has 206 valence electrons. The van der Waals surface area contributed by atoms with Gasteiger partial charge in [0.25, 0.3) is 0 Å². The predicted octanol–water partition coefficient (Wildman–Crippen LogP) is 6.79. The van der Waals surface area contributed by atoms with Gasteiger partial charge in [0.05, 0.1) is 0 Å². The van der Waals surface area contributed by atoms with Crippen LogP contribution in [0.25, 0.3) is 0 Å². The van der Waals surface area contributed by atoms with E-state index in [1.807, 2.05) is 0 Å². The second kappa shape index (κ2) is 9.19. The highest BCUT2D eigenvalue weighted by molar-refractivity contribution is 6.00. The summed E-state index contributed by atoms with van der Waals surface area (Å²) >= 11 is 0. The van der Waals surface area contributed by atoms with Crippen molar-refractivity contribution in [2.75, 3.05) is 6.54 Å². The van der Waals surface area contributed by atoms with E-state index in [2.05, 4.69) is 34.6 Å². The molecule has 0 radical (unpaired) electrons. The average Bonchev–Trinajstić information content (AvgIpc) is 3.12. The number of allylic oxidation sites excluding steroid dienone is 2. The summed E-state index contributed by atoms with van der Waals surface area (Å²) in [5.74, 6) is 2.79. The van der Waals surface area contributed by atoms with Gasteiger partial charge in [-0.25, -0.2) is 0 Å². The van der Waals surface area contributed by atoms with Crippen molar-refractivity contribution in [1.82, 2.24) is 0 Å². The number of ether oxygens (including phenoxy) is 1. The summed E-state index contributed by atoms with van der Waals surface area (Å²) in [6.45, 7) is 13.1. The smallest absolute Gasteiger partial charge is 0.302 e. The summed E-state index contributed by atoms with van der Waals surface area (Å²) < 4.78 is 5.76. The minimum atomic E-state index is -0.286. The summed E-state index contributed by atoms with van der Waals surface area (Å²) in [6, 6.07) is 0. The lowest BCUT2D eigenvalue weighted by Crippen LogP contribution is -2.60. The highest BCUT2D eigenvalue weighted by Gasteiger charge is 2.65. The molecule has 5 rings (SSSR count). The summed E-state index contributed by atoms with van der Waals surface area (Å²) in [7, 11) is 0. The molecule has 4 saturated carbocycles. The lowest BCUT2D eigenvalue weighted by Gasteiger charge is -2.67. The van der Waals surface area contributed by atoms with Gasteiger partial charge in [-0.3, -0.25) is 19.7 Å². The van der Waals surface area contributed by atoms with E-state index in [1.54, 1.807) is 0 Å². The average molecular weight is 514 g/mol. The molecule has 37 heavy (non-hydrogen) atoms. The molecule has 0 aliphatic heterocycles. The number of nitrogens with zero attached hydrogens (tertiary/aromatic N) is 1. The number of rotatable bonds is 5. The van der Waals surface area contributed by atoms with Gasteiger partial charge in [0.2, 0.25) is 6.54 Å². The fourth-order valence-electron chi connectivity index (χ4n) is 11.0. The molecule has 0 saturated heterocycles. The number of carbonyl (C=O) groups excluding carboxylic acids is 2. The first-order chi connectivity index (χ1) is 17.3. The maximum atomic E-state index is 13.4. The molecule has 0 aromatic rings. The fourth-order valence-corrected chi connectivity index (χ4v) is 11.0. The van der Waals surface area contributed by atoms with E-state index in [9.17, 15) is 19.7 Å². The van der Waals surface area contributed by atoms with E-state index in [-0.39, 0.29) is 51.5 Å². The van der Waals surface area contributed by atoms with Gasteiger partial charge < -0.3 is 4.74 Å². The van der Waals surface area contributed by atoms with Gasteiger partial charge in [-0.1, -0.05) is 40.2 Å². The molecule has 0 aromatic heterocycles. The number of carbonyl (C=O) groups is 2. The van der Waals surface area contributed by atoms with Crippen molar-refractivity contribution in [3.63, 3.8) is 0 Å². The van der Waals surface area contributed by atoms with Crippen LogP contribution in [0, 0.1) is 61.9 Å². The quantitative estimate of drug-likeness (QED) is 0.230. The molecule has 4 fully saturated rings. The minimum absolute atomic E-state index is 0.0384. The topological polar surface area (TPSA) is 86.5 Å². The van der Waals surface area contributed by atoms with Crippen LogP contribution in [0.3, 0.4) is 0 Å². The zero-order valence-electron chi connectivity index (χ0n) is 23.8. The van der Waals surface area contributed by atoms with Crippen LogP contribution in [0.1, 0.15) is 106 Å². The maximum absolute atomic E-state index is 13.4. The molecule has 6 nitrogen and oxygen atoms in total. The summed E-state index contributed by atoms with van der Waals surface area (Å²) in [5, 5.41) is 11.4. The Morgan fingerprint density at radius 2 is 1.70 bits per heavy atom. The molecule has 0 heterocycles. The summed E-state index contributed by atoms with van der Waals surface area (Å²) in [5.41, 5.74) is 2.55. The van der Waals surface area contributed by atoms with E-state index in [4.69, 9.17) is 4.74 Å². The molecular weight excluding hydrogens is 466 g/mol. The Kier molecular flexibility index (Phi) is 6.67. The molecule has 9 unspecified atom stereocenters. The molecular formula is C31H47NO5. The standard InChI is InChI=1S/C31H47NO5/c1-18(2)27-24(34)17-31(15-16-32(35)36)14-10-23-21(28(27)31)7-8-26-29(5)13-11-25(37-20(4)33)19(3)22(29)9-12-30(23,26)6/h18-19,21-23,25-26H,7-17H2,1-6H3. The Labute approximate surface area is 222 Å². The fraction of sp³-hybridized carbons (Fsp3) is 0.871. The van der Waals surface area contributed by atoms with Crippen molar-refractivity contribution in [3.05, 3.63) is 21.3 Å². The number of esters is 1. The van der Waals surface area contributed by atoms with Crippen LogP contribution in [0.2, 0.25) is 0 Å². The third-order valence-electron chi connectivity index (χ3n) is 12.4. The van der Waals surface area contributed by atoms with Crippen molar-refractivity contribution in [2.24, 2.45) is 51.8 Å². The Morgan fingerprint density at radius 1 is 1.05 bits per heavy atom.